The van der Waals surface area contributed by atoms with Gasteiger partial charge in [0.15, 0.2) is 0 Å². The van der Waals surface area contributed by atoms with Crippen LogP contribution in [0.3, 0.4) is 0 Å². The maximum atomic E-state index is 12.1. The number of anilines is 1. The van der Waals surface area contributed by atoms with Gasteiger partial charge < -0.3 is 15.2 Å². The van der Waals surface area contributed by atoms with Crippen molar-refractivity contribution in [2.75, 3.05) is 17.3 Å². The Labute approximate surface area is 133 Å². The summed E-state index contributed by atoms with van der Waals surface area (Å²) in [5, 5.41) is 13.5. The maximum absolute atomic E-state index is 12.1. The summed E-state index contributed by atoms with van der Waals surface area (Å²) in [7, 11) is -3.97. The van der Waals surface area contributed by atoms with Crippen molar-refractivity contribution in [2.45, 2.75) is 24.3 Å². The molecule has 7 nitrogen and oxygen atoms in total. The number of benzene rings is 1. The van der Waals surface area contributed by atoms with Crippen LogP contribution in [-0.4, -0.2) is 38.3 Å². The van der Waals surface area contributed by atoms with Crippen LogP contribution >= 0.6 is 11.8 Å². The number of hydrogen-bond acceptors (Lipinski definition) is 6. The first-order chi connectivity index (χ1) is 10.3. The number of sulfonamides is 1. The van der Waals surface area contributed by atoms with Crippen LogP contribution in [0.15, 0.2) is 29.2 Å². The van der Waals surface area contributed by atoms with Crippen molar-refractivity contribution in [3.8, 4) is 0 Å². The van der Waals surface area contributed by atoms with Crippen LogP contribution in [0.4, 0.5) is 5.69 Å². The highest BCUT2D eigenvalue weighted by Gasteiger charge is 2.20. The van der Waals surface area contributed by atoms with Gasteiger partial charge in [-0.25, -0.2) is 13.1 Å². The number of carbonyl (C=O) groups is 2. The number of amides is 1. The lowest BCUT2D eigenvalue weighted by molar-refractivity contribution is -0.308. The molecule has 0 aliphatic rings. The fraction of sp³-hybridized carbons (Fsp3) is 0.385. The number of aliphatic carboxylic acids is 1. The summed E-state index contributed by atoms with van der Waals surface area (Å²) in [5.74, 6) is -1.25. The van der Waals surface area contributed by atoms with E-state index in [-0.39, 0.29) is 17.2 Å². The average Bonchev–Trinajstić information content (AvgIpc) is 2.43. The molecule has 0 radical (unpaired) electrons. The molecule has 1 aromatic carbocycles. The van der Waals surface area contributed by atoms with Crippen molar-refractivity contribution in [3.05, 3.63) is 24.3 Å². The van der Waals surface area contributed by atoms with E-state index in [1.807, 2.05) is 0 Å². The van der Waals surface area contributed by atoms with Gasteiger partial charge in [-0.05, 0) is 42.7 Å². The Bertz CT molecular complexity index is 628. The van der Waals surface area contributed by atoms with E-state index in [4.69, 9.17) is 0 Å². The Kier molecular flexibility index (Phi) is 6.85. The zero-order chi connectivity index (χ0) is 16.8. The molecule has 1 atom stereocenters. The molecule has 122 valence electrons. The maximum Gasteiger partial charge on any atom is 0.241 e. The van der Waals surface area contributed by atoms with Crippen LogP contribution in [0, 0.1) is 0 Å². The Morgan fingerprint density at radius 2 is 1.86 bits per heavy atom. The molecule has 2 N–H and O–H groups in total. The van der Waals surface area contributed by atoms with E-state index in [0.717, 1.165) is 0 Å². The summed E-state index contributed by atoms with van der Waals surface area (Å²) in [4.78, 5) is 21.8. The smallest absolute Gasteiger partial charge is 0.241 e. The predicted molar refractivity (Wildman–Crippen MR) is 82.9 cm³/mol. The monoisotopic (exact) mass is 345 g/mol. The molecule has 0 aliphatic carbocycles. The second-order valence-electron chi connectivity index (χ2n) is 4.48. The molecule has 0 aliphatic heterocycles. The van der Waals surface area contributed by atoms with Crippen LogP contribution in [0.25, 0.3) is 0 Å². The number of nitrogens with one attached hydrogen (secondary N) is 2. The van der Waals surface area contributed by atoms with Crippen LogP contribution in [0.1, 0.15) is 13.3 Å². The molecule has 1 amide bonds. The highest BCUT2D eigenvalue weighted by molar-refractivity contribution is 7.98. The highest BCUT2D eigenvalue weighted by atomic mass is 32.2. The van der Waals surface area contributed by atoms with Crippen molar-refractivity contribution >= 4 is 39.3 Å². The molecular weight excluding hydrogens is 328 g/mol. The summed E-state index contributed by atoms with van der Waals surface area (Å²) < 4.78 is 26.4. The lowest BCUT2D eigenvalue weighted by Crippen LogP contribution is -2.48. The van der Waals surface area contributed by atoms with Gasteiger partial charge in [0.25, 0.3) is 0 Å². The molecule has 0 saturated heterocycles. The predicted octanol–water partition coefficient (Wildman–Crippen LogP) is -0.205. The van der Waals surface area contributed by atoms with E-state index < -0.39 is 22.0 Å². The summed E-state index contributed by atoms with van der Waals surface area (Å²) in [6, 6.07) is 4.13. The summed E-state index contributed by atoms with van der Waals surface area (Å²) in [6.45, 7) is 1.34. The third kappa shape index (κ3) is 5.66. The molecule has 0 heterocycles. The number of carboxylic acids is 1. The van der Waals surface area contributed by atoms with Crippen molar-refractivity contribution in [3.63, 3.8) is 0 Å². The van der Waals surface area contributed by atoms with E-state index in [1.165, 1.54) is 43.0 Å². The molecule has 0 spiro atoms. The SMILES string of the molecule is CSCC[C@@H](NS(=O)(=O)c1ccc(NC(C)=O)cc1)C(=O)[O-]. The average molecular weight is 345 g/mol. The van der Waals surface area contributed by atoms with E-state index in [0.29, 0.717) is 11.4 Å². The Hall–Kier alpha value is -1.58. The van der Waals surface area contributed by atoms with E-state index in [1.54, 1.807) is 6.26 Å². The first-order valence-electron chi connectivity index (χ1n) is 6.36. The number of carboxylic acid groups (broad SMARTS) is 1. The van der Waals surface area contributed by atoms with Crippen LogP contribution in [0.2, 0.25) is 0 Å². The van der Waals surface area contributed by atoms with Gasteiger partial charge in [-0.1, -0.05) is 0 Å². The van der Waals surface area contributed by atoms with Crippen molar-refractivity contribution in [1.29, 1.82) is 0 Å². The summed E-state index contributed by atoms with van der Waals surface area (Å²) in [5.41, 5.74) is 0.449. The van der Waals surface area contributed by atoms with Crippen molar-refractivity contribution in [1.82, 2.24) is 4.72 Å². The number of rotatable bonds is 8. The van der Waals surface area contributed by atoms with Crippen LogP contribution in [-0.2, 0) is 19.6 Å². The lowest BCUT2D eigenvalue weighted by Gasteiger charge is -2.19. The number of carbonyl (C=O) groups excluding carboxylic acids is 2. The minimum atomic E-state index is -3.97. The lowest BCUT2D eigenvalue weighted by atomic mass is 10.2. The first kappa shape index (κ1) is 18.5. The number of thioether (sulfide) groups is 1. The van der Waals surface area contributed by atoms with Gasteiger partial charge in [0.2, 0.25) is 15.9 Å². The Morgan fingerprint density at radius 1 is 1.27 bits per heavy atom. The minimum Gasteiger partial charge on any atom is -0.548 e. The fourth-order valence-electron chi connectivity index (χ4n) is 1.64. The van der Waals surface area contributed by atoms with Gasteiger partial charge in [-0.15, -0.1) is 0 Å². The van der Waals surface area contributed by atoms with Gasteiger partial charge in [0.1, 0.15) is 0 Å². The van der Waals surface area contributed by atoms with Crippen molar-refractivity contribution < 1.29 is 23.1 Å². The first-order valence-corrected chi connectivity index (χ1v) is 9.23. The molecule has 0 unspecified atom stereocenters. The van der Waals surface area contributed by atoms with Gasteiger partial charge >= 0.3 is 0 Å². The molecule has 0 saturated carbocycles. The third-order valence-electron chi connectivity index (χ3n) is 2.68. The summed E-state index contributed by atoms with van der Waals surface area (Å²) >= 11 is 1.41. The van der Waals surface area contributed by atoms with Gasteiger partial charge in [0.05, 0.1) is 16.9 Å². The van der Waals surface area contributed by atoms with Crippen LogP contribution in [0.5, 0.6) is 0 Å². The van der Waals surface area contributed by atoms with Crippen molar-refractivity contribution in [2.24, 2.45) is 0 Å². The van der Waals surface area contributed by atoms with E-state index in [9.17, 15) is 23.1 Å². The molecule has 22 heavy (non-hydrogen) atoms. The molecule has 1 aromatic rings. The highest BCUT2D eigenvalue weighted by Crippen LogP contribution is 2.15. The largest absolute Gasteiger partial charge is 0.548 e. The Morgan fingerprint density at radius 3 is 2.32 bits per heavy atom. The molecule has 1 rings (SSSR count). The summed E-state index contributed by atoms with van der Waals surface area (Å²) in [6.07, 6.45) is 1.92. The van der Waals surface area contributed by atoms with E-state index >= 15 is 0 Å². The van der Waals surface area contributed by atoms with Gasteiger partial charge in [-0.3, -0.25) is 4.79 Å². The van der Waals surface area contributed by atoms with Gasteiger partial charge in [-0.2, -0.15) is 11.8 Å². The second kappa shape index (κ2) is 8.16. The third-order valence-corrected chi connectivity index (χ3v) is 4.81. The Balaban J connectivity index is 2.88. The molecule has 9 heteroatoms. The molecule has 0 aromatic heterocycles. The second-order valence-corrected chi connectivity index (χ2v) is 7.18. The minimum absolute atomic E-state index is 0.0861. The molecule has 0 bridgehead atoms. The molecular formula is C13H17N2O5S2-. The topological polar surface area (TPSA) is 115 Å². The van der Waals surface area contributed by atoms with E-state index in [2.05, 4.69) is 10.0 Å². The standard InChI is InChI=1S/C13H18N2O5S2/c1-9(16)14-10-3-5-11(6-4-10)22(19,20)15-12(13(17)18)7-8-21-2/h3-6,12,15H,7-8H2,1-2H3,(H,14,16)(H,17,18)/p-1/t12-/m1/s1. The fourth-order valence-corrected chi connectivity index (χ4v) is 3.33. The van der Waals surface area contributed by atoms with Crippen LogP contribution < -0.4 is 15.1 Å². The quantitative estimate of drug-likeness (QED) is 0.674. The zero-order valence-electron chi connectivity index (χ0n) is 12.2. The van der Waals surface area contributed by atoms with Gasteiger partial charge in [0, 0.05) is 12.6 Å². The molecule has 0 fully saturated rings. The zero-order valence-corrected chi connectivity index (χ0v) is 13.8. The normalized spacial score (nSPS) is 12.6. The number of hydrogen-bond donors (Lipinski definition) is 2.